The van der Waals surface area contributed by atoms with Crippen molar-refractivity contribution in [3.8, 4) is 0 Å². The monoisotopic (exact) mass is 464 g/mol. The number of allylic oxidation sites excluding steroid dienone is 1. The van der Waals surface area contributed by atoms with Crippen molar-refractivity contribution in [2.45, 2.75) is 46.5 Å². The molecule has 0 aromatic rings. The van der Waals surface area contributed by atoms with Gasteiger partial charge in [-0.1, -0.05) is 32.6 Å². The van der Waals surface area contributed by atoms with Crippen LogP contribution in [0.1, 0.15) is 46.5 Å². The number of rotatable bonds is 12. The van der Waals surface area contributed by atoms with E-state index in [-0.39, 0.29) is 56.0 Å². The Morgan fingerprint density at radius 2 is 1.21 bits per heavy atom. The van der Waals surface area contributed by atoms with Gasteiger partial charge in [-0.3, -0.25) is 14.4 Å². The Hall–Kier alpha value is -3.23. The maximum atomic E-state index is 13.1. The summed E-state index contributed by atoms with van der Waals surface area (Å²) in [6.45, 7) is 14.0. The van der Waals surface area contributed by atoms with Crippen LogP contribution in [0.5, 0.6) is 0 Å². The third kappa shape index (κ3) is 7.40. The van der Waals surface area contributed by atoms with Crippen molar-refractivity contribution in [1.82, 2.24) is 0 Å². The predicted octanol–water partition coefficient (Wildman–Crippen LogP) is 2.63. The van der Waals surface area contributed by atoms with Crippen LogP contribution in [0.3, 0.4) is 0 Å². The van der Waals surface area contributed by atoms with Crippen molar-refractivity contribution < 1.29 is 42.9 Å². The van der Waals surface area contributed by atoms with Gasteiger partial charge in [0, 0.05) is 11.1 Å². The molecule has 9 nitrogen and oxygen atoms in total. The van der Waals surface area contributed by atoms with Gasteiger partial charge in [-0.05, 0) is 39.2 Å². The van der Waals surface area contributed by atoms with Crippen LogP contribution < -0.4 is 0 Å². The molecule has 9 heteroatoms. The molecule has 1 fully saturated rings. The van der Waals surface area contributed by atoms with E-state index in [0.29, 0.717) is 12.8 Å². The quantitative estimate of drug-likeness (QED) is 0.141. The SMILES string of the molecule is C=C(C)C(=O)OCCOC(=O)C1CCCCC1(C(=O)OCCOC(=O)C(=C)C)C(=O)C(=C)C. The van der Waals surface area contributed by atoms with Gasteiger partial charge in [0.2, 0.25) is 0 Å². The van der Waals surface area contributed by atoms with Crippen molar-refractivity contribution in [2.24, 2.45) is 11.3 Å². The number of esters is 4. The first-order valence-electron chi connectivity index (χ1n) is 10.6. The third-order valence-corrected chi connectivity index (χ3v) is 5.16. The van der Waals surface area contributed by atoms with Crippen molar-refractivity contribution >= 4 is 29.7 Å². The van der Waals surface area contributed by atoms with Crippen LogP contribution in [-0.4, -0.2) is 56.1 Å². The first-order chi connectivity index (χ1) is 15.4. The minimum absolute atomic E-state index is 0.0908. The summed E-state index contributed by atoms with van der Waals surface area (Å²) in [6, 6.07) is 0. The third-order valence-electron chi connectivity index (χ3n) is 5.16. The van der Waals surface area contributed by atoms with Crippen molar-refractivity contribution in [2.75, 3.05) is 26.4 Å². The van der Waals surface area contributed by atoms with E-state index in [1.165, 1.54) is 20.8 Å². The van der Waals surface area contributed by atoms with Gasteiger partial charge >= 0.3 is 23.9 Å². The Morgan fingerprint density at radius 3 is 1.70 bits per heavy atom. The number of carbonyl (C=O) groups is 5. The highest BCUT2D eigenvalue weighted by molar-refractivity contribution is 6.14. The highest BCUT2D eigenvalue weighted by atomic mass is 16.6. The summed E-state index contributed by atoms with van der Waals surface area (Å²) in [5.74, 6) is -4.59. The van der Waals surface area contributed by atoms with Gasteiger partial charge in [0.25, 0.3) is 0 Å². The Kier molecular flexibility index (Phi) is 10.7. The number of hydrogen-bond acceptors (Lipinski definition) is 9. The average molecular weight is 465 g/mol. The Balaban J connectivity index is 2.94. The highest BCUT2D eigenvalue weighted by Crippen LogP contribution is 2.45. The van der Waals surface area contributed by atoms with Crippen LogP contribution in [0.25, 0.3) is 0 Å². The molecule has 0 radical (unpaired) electrons. The lowest BCUT2D eigenvalue weighted by molar-refractivity contribution is -0.177. The van der Waals surface area contributed by atoms with Crippen LogP contribution in [0, 0.1) is 11.3 Å². The maximum Gasteiger partial charge on any atom is 0.333 e. The Labute approximate surface area is 193 Å². The van der Waals surface area contributed by atoms with Gasteiger partial charge in [-0.2, -0.15) is 0 Å². The van der Waals surface area contributed by atoms with Gasteiger partial charge in [0.05, 0.1) is 5.92 Å². The lowest BCUT2D eigenvalue weighted by atomic mass is 9.62. The molecule has 0 amide bonds. The first kappa shape index (κ1) is 27.8. The van der Waals surface area contributed by atoms with Gasteiger partial charge in [0.15, 0.2) is 5.78 Å². The largest absolute Gasteiger partial charge is 0.462 e. The zero-order valence-electron chi connectivity index (χ0n) is 19.5. The van der Waals surface area contributed by atoms with Crippen molar-refractivity contribution in [1.29, 1.82) is 0 Å². The highest BCUT2D eigenvalue weighted by Gasteiger charge is 2.57. The van der Waals surface area contributed by atoms with Gasteiger partial charge in [0.1, 0.15) is 31.8 Å². The molecule has 0 spiro atoms. The molecule has 1 aliphatic rings. The molecular weight excluding hydrogens is 432 g/mol. The predicted molar refractivity (Wildman–Crippen MR) is 118 cm³/mol. The summed E-state index contributed by atoms with van der Waals surface area (Å²) in [5.41, 5.74) is -1.28. The minimum Gasteiger partial charge on any atom is -0.462 e. The summed E-state index contributed by atoms with van der Waals surface area (Å²) in [7, 11) is 0. The van der Waals surface area contributed by atoms with Crippen LogP contribution >= 0.6 is 0 Å². The zero-order valence-corrected chi connectivity index (χ0v) is 19.5. The molecule has 2 atom stereocenters. The molecule has 2 unspecified atom stereocenters. The van der Waals surface area contributed by atoms with E-state index in [9.17, 15) is 24.0 Å². The maximum absolute atomic E-state index is 13.1. The van der Waals surface area contributed by atoms with Crippen LogP contribution in [-0.2, 0) is 42.9 Å². The summed E-state index contributed by atoms with van der Waals surface area (Å²) in [6.07, 6.45) is 1.47. The molecule has 0 N–H and O–H groups in total. The van der Waals surface area contributed by atoms with Crippen LogP contribution in [0.15, 0.2) is 36.5 Å². The molecule has 0 aliphatic heterocycles. The number of ketones is 1. The smallest absolute Gasteiger partial charge is 0.333 e. The van der Waals surface area contributed by atoms with Gasteiger partial charge in [-0.25, -0.2) is 9.59 Å². The fraction of sp³-hybridized carbons (Fsp3) is 0.542. The molecule has 0 aromatic heterocycles. The fourth-order valence-corrected chi connectivity index (χ4v) is 3.50. The molecule has 1 aliphatic carbocycles. The summed E-state index contributed by atoms with van der Waals surface area (Å²) in [5, 5.41) is 0. The Bertz CT molecular complexity index is 839. The molecule has 0 saturated heterocycles. The van der Waals surface area contributed by atoms with E-state index in [2.05, 4.69) is 19.7 Å². The first-order valence-corrected chi connectivity index (χ1v) is 10.6. The molecule has 182 valence electrons. The van der Waals surface area contributed by atoms with Crippen molar-refractivity contribution in [3.05, 3.63) is 36.5 Å². The standard InChI is InChI=1S/C24H32O9/c1-15(2)19(25)24(23(29)33-14-13-31-21(27)17(5)6)10-8-7-9-18(24)22(28)32-12-11-30-20(26)16(3)4/h18H,1,3,5,7-14H2,2,4,6H3. The average Bonchev–Trinajstić information content (AvgIpc) is 2.77. The van der Waals surface area contributed by atoms with Crippen molar-refractivity contribution in [3.63, 3.8) is 0 Å². The van der Waals surface area contributed by atoms with E-state index in [0.717, 1.165) is 0 Å². The molecule has 1 saturated carbocycles. The van der Waals surface area contributed by atoms with E-state index in [1.807, 2.05) is 0 Å². The van der Waals surface area contributed by atoms with E-state index < -0.39 is 41.0 Å². The molecule has 0 bridgehead atoms. The topological polar surface area (TPSA) is 122 Å². The van der Waals surface area contributed by atoms with Gasteiger partial charge < -0.3 is 18.9 Å². The van der Waals surface area contributed by atoms with Crippen LogP contribution in [0.4, 0.5) is 0 Å². The van der Waals surface area contributed by atoms with E-state index in [1.54, 1.807) is 0 Å². The number of ether oxygens (including phenoxy) is 4. The number of Topliss-reactive ketones (excluding diaryl/α,β-unsaturated/α-hetero) is 1. The minimum atomic E-state index is -1.78. The molecule has 33 heavy (non-hydrogen) atoms. The number of carbonyl (C=O) groups excluding carboxylic acids is 5. The molecule has 1 rings (SSSR count). The molecule has 0 aromatic carbocycles. The second-order valence-corrected chi connectivity index (χ2v) is 8.02. The zero-order chi connectivity index (χ0) is 25.2. The second kappa shape index (κ2) is 12.7. The lowest BCUT2D eigenvalue weighted by Gasteiger charge is -2.39. The molecular formula is C24H32O9. The van der Waals surface area contributed by atoms with Crippen LogP contribution in [0.2, 0.25) is 0 Å². The summed E-state index contributed by atoms with van der Waals surface area (Å²) in [4.78, 5) is 62.0. The summed E-state index contributed by atoms with van der Waals surface area (Å²) < 4.78 is 20.3. The normalized spacial score (nSPS) is 19.5. The van der Waals surface area contributed by atoms with E-state index in [4.69, 9.17) is 18.9 Å². The number of hydrogen-bond donors (Lipinski definition) is 0. The Morgan fingerprint density at radius 1 is 0.727 bits per heavy atom. The summed E-state index contributed by atoms with van der Waals surface area (Å²) >= 11 is 0. The molecule has 0 heterocycles. The lowest BCUT2D eigenvalue weighted by Crippen LogP contribution is -2.52. The van der Waals surface area contributed by atoms with Gasteiger partial charge in [-0.15, -0.1) is 0 Å². The second-order valence-electron chi connectivity index (χ2n) is 8.02. The van der Waals surface area contributed by atoms with E-state index >= 15 is 0 Å². The fourth-order valence-electron chi connectivity index (χ4n) is 3.50.